The average molecular weight is 583 g/mol. The highest BCUT2D eigenvalue weighted by Gasteiger charge is 2.40. The third-order valence-corrected chi connectivity index (χ3v) is 7.46. The minimum Gasteiger partial charge on any atom is -0.491 e. The van der Waals surface area contributed by atoms with Gasteiger partial charge in [-0.25, -0.2) is 19.4 Å². The van der Waals surface area contributed by atoms with Gasteiger partial charge in [0.2, 0.25) is 0 Å². The molecule has 0 saturated carbocycles. The number of alkyl halides is 3. The molecule has 13 heteroatoms. The van der Waals surface area contributed by atoms with E-state index in [0.29, 0.717) is 10.4 Å². The summed E-state index contributed by atoms with van der Waals surface area (Å²) in [6, 6.07) is 10.6. The number of thiophene rings is 1. The normalized spacial score (nSPS) is 15.3. The molecule has 9 nitrogen and oxygen atoms in total. The quantitative estimate of drug-likeness (QED) is 0.283. The molecule has 0 radical (unpaired) electrons. The van der Waals surface area contributed by atoms with Gasteiger partial charge < -0.3 is 14.4 Å². The number of aromatic nitrogens is 4. The molecule has 1 aliphatic rings. The molecule has 0 unspecified atom stereocenters. The SMILES string of the molecule is COc1cncnc1-n1cc(-c2ccccc2[C@@H]2CN(C(=O)OC(C)(C)C)Cc3sc(C#N)cc32)c(C(F)(F)F)n1. The lowest BCUT2D eigenvalue weighted by Gasteiger charge is -2.35. The van der Waals surface area contributed by atoms with Crippen LogP contribution < -0.4 is 4.74 Å². The number of hydrogen-bond acceptors (Lipinski definition) is 8. The lowest BCUT2D eigenvalue weighted by atomic mass is 9.84. The summed E-state index contributed by atoms with van der Waals surface area (Å²) in [5, 5.41) is 13.4. The molecule has 212 valence electrons. The van der Waals surface area contributed by atoms with Gasteiger partial charge in [-0.3, -0.25) is 0 Å². The first kappa shape index (κ1) is 28.1. The Bertz CT molecular complexity index is 1650. The van der Waals surface area contributed by atoms with Crippen molar-refractivity contribution < 1.29 is 27.4 Å². The molecule has 3 aromatic heterocycles. The highest BCUT2D eigenvalue weighted by molar-refractivity contribution is 7.12. The zero-order chi connectivity index (χ0) is 29.5. The van der Waals surface area contributed by atoms with Gasteiger partial charge in [0, 0.05) is 29.1 Å². The molecule has 0 N–H and O–H groups in total. The van der Waals surface area contributed by atoms with Crippen molar-refractivity contribution in [1.29, 1.82) is 5.26 Å². The molecule has 4 aromatic rings. The van der Waals surface area contributed by atoms with Gasteiger partial charge in [-0.05, 0) is 43.5 Å². The predicted octanol–water partition coefficient (Wildman–Crippen LogP) is 6.17. The van der Waals surface area contributed by atoms with Gasteiger partial charge in [-0.2, -0.15) is 23.5 Å². The fourth-order valence-corrected chi connectivity index (χ4v) is 5.80. The van der Waals surface area contributed by atoms with E-state index in [1.165, 1.54) is 42.1 Å². The van der Waals surface area contributed by atoms with E-state index in [-0.39, 0.29) is 35.8 Å². The van der Waals surface area contributed by atoms with Crippen LogP contribution in [0.25, 0.3) is 16.9 Å². The first-order valence-electron chi connectivity index (χ1n) is 12.5. The van der Waals surface area contributed by atoms with Crippen LogP contribution in [0.2, 0.25) is 0 Å². The van der Waals surface area contributed by atoms with Crippen LogP contribution in [0.3, 0.4) is 0 Å². The summed E-state index contributed by atoms with van der Waals surface area (Å²) in [4.78, 5) is 23.8. The molecule has 1 amide bonds. The standard InChI is InChI=1S/C28H25F3N6O3S/c1-27(2,3)40-26(38)36-12-20(19-9-16(10-32)41-23(19)14-36)17-7-5-6-8-18(17)21-13-37(35-24(21)28(29,30)31)25-22(39-4)11-33-15-34-25/h5-9,11,13,15,20H,12,14H2,1-4H3/t20-/m0/s1. The number of nitriles is 1. The number of fused-ring (bicyclic) bond motifs is 1. The molecular formula is C28H25F3N6O3S. The molecular weight excluding hydrogens is 557 g/mol. The molecule has 0 bridgehead atoms. The second-order valence-corrected chi connectivity index (χ2v) is 11.5. The number of halogens is 3. The number of ether oxygens (including phenoxy) is 2. The number of hydrogen-bond donors (Lipinski definition) is 0. The molecule has 1 atom stereocenters. The van der Waals surface area contributed by atoms with Gasteiger partial charge in [-0.15, -0.1) is 11.3 Å². The number of benzene rings is 1. The van der Waals surface area contributed by atoms with E-state index in [2.05, 4.69) is 21.1 Å². The van der Waals surface area contributed by atoms with Crippen LogP contribution in [-0.4, -0.2) is 50.0 Å². The molecule has 0 aliphatic carbocycles. The van der Waals surface area contributed by atoms with E-state index >= 15 is 0 Å². The van der Waals surface area contributed by atoms with E-state index in [9.17, 15) is 23.2 Å². The monoisotopic (exact) mass is 582 g/mol. The van der Waals surface area contributed by atoms with Crippen molar-refractivity contribution in [2.75, 3.05) is 13.7 Å². The van der Waals surface area contributed by atoms with E-state index in [0.717, 1.165) is 15.1 Å². The molecule has 41 heavy (non-hydrogen) atoms. The fraction of sp³-hybridized carbons (Fsp3) is 0.321. The number of methoxy groups -OCH3 is 1. The van der Waals surface area contributed by atoms with Crippen LogP contribution in [0, 0.1) is 11.3 Å². The van der Waals surface area contributed by atoms with Crippen LogP contribution in [0.5, 0.6) is 5.75 Å². The van der Waals surface area contributed by atoms with E-state index in [4.69, 9.17) is 9.47 Å². The van der Waals surface area contributed by atoms with Crippen molar-refractivity contribution in [2.24, 2.45) is 0 Å². The van der Waals surface area contributed by atoms with Crippen molar-refractivity contribution in [3.05, 3.63) is 75.6 Å². The summed E-state index contributed by atoms with van der Waals surface area (Å²) in [7, 11) is 1.36. The summed E-state index contributed by atoms with van der Waals surface area (Å²) in [6.45, 7) is 5.66. The Hall–Kier alpha value is -4.44. The average Bonchev–Trinajstić information content (AvgIpc) is 3.56. The lowest BCUT2D eigenvalue weighted by Crippen LogP contribution is -2.41. The molecule has 1 aliphatic heterocycles. The molecule has 4 heterocycles. The molecule has 5 rings (SSSR count). The van der Waals surface area contributed by atoms with Crippen LogP contribution in [0.4, 0.5) is 18.0 Å². The molecule has 0 spiro atoms. The summed E-state index contributed by atoms with van der Waals surface area (Å²) in [5.41, 5.74) is -0.392. The maximum absolute atomic E-state index is 14.4. The predicted molar refractivity (Wildman–Crippen MR) is 144 cm³/mol. The van der Waals surface area contributed by atoms with Gasteiger partial charge in [0.1, 0.15) is 22.9 Å². The highest BCUT2D eigenvalue weighted by Crippen LogP contribution is 2.44. The topological polar surface area (TPSA) is 106 Å². The number of amides is 1. The summed E-state index contributed by atoms with van der Waals surface area (Å²) >= 11 is 1.25. The van der Waals surface area contributed by atoms with E-state index in [1.54, 1.807) is 51.1 Å². The zero-order valence-corrected chi connectivity index (χ0v) is 23.4. The number of rotatable bonds is 4. The van der Waals surface area contributed by atoms with Crippen molar-refractivity contribution in [3.8, 4) is 28.8 Å². The fourth-order valence-electron chi connectivity index (χ4n) is 4.77. The van der Waals surface area contributed by atoms with Gasteiger partial charge in [0.15, 0.2) is 17.3 Å². The van der Waals surface area contributed by atoms with Crippen molar-refractivity contribution in [1.82, 2.24) is 24.6 Å². The largest absolute Gasteiger partial charge is 0.491 e. The Labute approximate surface area is 237 Å². The third kappa shape index (κ3) is 5.60. The Kier molecular flexibility index (Phi) is 7.21. The smallest absolute Gasteiger partial charge is 0.435 e. The maximum Gasteiger partial charge on any atom is 0.435 e. The minimum atomic E-state index is -4.79. The van der Waals surface area contributed by atoms with E-state index < -0.39 is 29.5 Å². The van der Waals surface area contributed by atoms with Crippen molar-refractivity contribution in [3.63, 3.8) is 0 Å². The van der Waals surface area contributed by atoms with Crippen LogP contribution in [0.1, 0.15) is 53.3 Å². The lowest BCUT2D eigenvalue weighted by molar-refractivity contribution is -0.140. The molecule has 1 aromatic carbocycles. The van der Waals surface area contributed by atoms with Crippen LogP contribution >= 0.6 is 11.3 Å². The summed E-state index contributed by atoms with van der Waals surface area (Å²) < 4.78 is 55.0. The minimum absolute atomic E-state index is 0.0456. The van der Waals surface area contributed by atoms with E-state index in [1.807, 2.05) is 0 Å². The Balaban J connectivity index is 1.66. The van der Waals surface area contributed by atoms with Gasteiger partial charge in [0.25, 0.3) is 0 Å². The summed E-state index contributed by atoms with van der Waals surface area (Å²) in [5.74, 6) is -0.334. The van der Waals surface area contributed by atoms with Crippen LogP contribution in [0.15, 0.2) is 49.1 Å². The Morgan fingerprint density at radius 3 is 2.61 bits per heavy atom. The number of nitrogens with zero attached hydrogens (tertiary/aromatic N) is 6. The number of carbonyl (C=O) groups excluding carboxylic acids is 1. The first-order valence-corrected chi connectivity index (χ1v) is 13.3. The second-order valence-electron chi connectivity index (χ2n) is 10.4. The summed E-state index contributed by atoms with van der Waals surface area (Å²) in [6.07, 6.45) is -1.54. The third-order valence-electron chi connectivity index (χ3n) is 6.42. The number of carbonyl (C=O) groups is 1. The molecule has 0 saturated heterocycles. The van der Waals surface area contributed by atoms with Gasteiger partial charge in [0.05, 0.1) is 19.9 Å². The van der Waals surface area contributed by atoms with Crippen molar-refractivity contribution >= 4 is 17.4 Å². The van der Waals surface area contributed by atoms with Gasteiger partial charge >= 0.3 is 12.3 Å². The Morgan fingerprint density at radius 2 is 1.93 bits per heavy atom. The highest BCUT2D eigenvalue weighted by atomic mass is 32.1. The van der Waals surface area contributed by atoms with Gasteiger partial charge in [-0.1, -0.05) is 24.3 Å². The maximum atomic E-state index is 14.4. The first-order chi connectivity index (χ1) is 19.4. The zero-order valence-electron chi connectivity index (χ0n) is 22.6. The Morgan fingerprint density at radius 1 is 1.17 bits per heavy atom. The van der Waals surface area contributed by atoms with Crippen LogP contribution in [-0.2, 0) is 17.5 Å². The van der Waals surface area contributed by atoms with Crippen molar-refractivity contribution in [2.45, 2.75) is 45.0 Å². The second kappa shape index (κ2) is 10.5. The molecule has 0 fully saturated rings.